The highest BCUT2D eigenvalue weighted by atomic mass is 32.1. The summed E-state index contributed by atoms with van der Waals surface area (Å²) in [5.74, 6) is -0.882. The molecule has 142 valence electrons. The van der Waals surface area contributed by atoms with Crippen LogP contribution in [0.5, 0.6) is 0 Å². The molecule has 1 aromatic carbocycles. The van der Waals surface area contributed by atoms with Crippen LogP contribution in [0.3, 0.4) is 0 Å². The lowest BCUT2D eigenvalue weighted by molar-refractivity contribution is 0.0600. The quantitative estimate of drug-likeness (QED) is 0.467. The number of hydrogen-bond donors (Lipinski definition) is 1. The molecule has 0 unspecified atom stereocenters. The molecule has 1 heterocycles. The zero-order valence-corrected chi connectivity index (χ0v) is 16.3. The van der Waals surface area contributed by atoms with Gasteiger partial charge in [-0.1, -0.05) is 0 Å². The van der Waals surface area contributed by atoms with E-state index in [9.17, 15) is 9.59 Å². The smallest absolute Gasteiger partial charge is 0.337 e. The molecule has 0 aliphatic heterocycles. The highest BCUT2D eigenvalue weighted by molar-refractivity contribution is 7.09. The van der Waals surface area contributed by atoms with Gasteiger partial charge in [0.2, 0.25) is 5.90 Å². The van der Waals surface area contributed by atoms with Gasteiger partial charge in [-0.25, -0.2) is 9.78 Å². The molecule has 1 fully saturated rings. The molecule has 1 N–H and O–H groups in total. The fourth-order valence-corrected chi connectivity index (χ4v) is 3.55. The van der Waals surface area contributed by atoms with Crippen LogP contribution < -0.4 is 0 Å². The first-order valence-corrected chi connectivity index (χ1v) is 9.39. The molecule has 7 nitrogen and oxygen atoms in total. The van der Waals surface area contributed by atoms with Crippen molar-refractivity contribution in [3.05, 3.63) is 51.0 Å². The maximum atomic E-state index is 13.2. The van der Waals surface area contributed by atoms with E-state index in [0.29, 0.717) is 17.7 Å². The molecule has 1 saturated carbocycles. The molecule has 8 heteroatoms. The van der Waals surface area contributed by atoms with Crippen molar-refractivity contribution in [2.45, 2.75) is 32.4 Å². The summed E-state index contributed by atoms with van der Waals surface area (Å²) in [6, 6.07) is 4.74. The van der Waals surface area contributed by atoms with Crippen molar-refractivity contribution in [3.63, 3.8) is 0 Å². The minimum atomic E-state index is -0.566. The highest BCUT2D eigenvalue weighted by Gasteiger charge is 2.34. The largest absolute Gasteiger partial charge is 0.481 e. The molecule has 27 heavy (non-hydrogen) atoms. The Morgan fingerprint density at radius 1 is 1.19 bits per heavy atom. The second-order valence-corrected chi connectivity index (χ2v) is 7.31. The Morgan fingerprint density at radius 3 is 2.41 bits per heavy atom. The average Bonchev–Trinajstić information content (AvgIpc) is 3.45. The fourth-order valence-electron chi connectivity index (χ4n) is 2.78. The number of rotatable bonds is 6. The van der Waals surface area contributed by atoms with Crippen LogP contribution in [0.4, 0.5) is 0 Å². The van der Waals surface area contributed by atoms with E-state index in [1.165, 1.54) is 37.7 Å². The molecular weight excluding hydrogens is 366 g/mol. The molecule has 0 bridgehead atoms. The highest BCUT2D eigenvalue weighted by Crippen LogP contribution is 2.31. The van der Waals surface area contributed by atoms with Gasteiger partial charge in [-0.15, -0.1) is 11.3 Å². The number of hydrogen-bond acceptors (Lipinski definition) is 7. The molecule has 1 aliphatic carbocycles. The van der Waals surface area contributed by atoms with E-state index < -0.39 is 5.97 Å². The summed E-state index contributed by atoms with van der Waals surface area (Å²) in [7, 11) is 2.65. The molecular formula is C19H21N3O4S. The van der Waals surface area contributed by atoms with Crippen molar-refractivity contribution in [2.75, 3.05) is 14.2 Å². The van der Waals surface area contributed by atoms with E-state index in [2.05, 4.69) is 4.98 Å². The zero-order valence-electron chi connectivity index (χ0n) is 15.4. The lowest BCUT2D eigenvalue weighted by Crippen LogP contribution is -2.33. The van der Waals surface area contributed by atoms with Crippen LogP contribution in [-0.4, -0.2) is 47.9 Å². The van der Waals surface area contributed by atoms with Gasteiger partial charge in [0.05, 0.1) is 26.3 Å². The molecule has 1 amide bonds. The first kappa shape index (κ1) is 19.0. The number of esters is 1. The molecule has 2 aromatic rings. The monoisotopic (exact) mass is 387 g/mol. The van der Waals surface area contributed by atoms with Crippen LogP contribution in [0.25, 0.3) is 0 Å². The van der Waals surface area contributed by atoms with Gasteiger partial charge in [0.15, 0.2) is 0 Å². The summed E-state index contributed by atoms with van der Waals surface area (Å²) in [5, 5.41) is 10.7. The third kappa shape index (κ3) is 4.33. The summed E-state index contributed by atoms with van der Waals surface area (Å²) in [6.45, 7) is 2.35. The number of nitrogens with zero attached hydrogens (tertiary/aromatic N) is 2. The maximum Gasteiger partial charge on any atom is 0.337 e. The number of methoxy groups -OCH3 is 2. The van der Waals surface area contributed by atoms with Gasteiger partial charge in [-0.05, 0) is 38.0 Å². The number of carbonyl (C=O) groups is 2. The molecule has 0 radical (unpaired) electrons. The van der Waals surface area contributed by atoms with Crippen molar-refractivity contribution < 1.29 is 19.1 Å². The fraction of sp³-hybridized carbons (Fsp3) is 0.368. The minimum Gasteiger partial charge on any atom is -0.481 e. The summed E-state index contributed by atoms with van der Waals surface area (Å²) < 4.78 is 9.73. The third-order valence-electron chi connectivity index (χ3n) is 4.29. The summed E-state index contributed by atoms with van der Waals surface area (Å²) in [5.41, 5.74) is 1.82. The Morgan fingerprint density at radius 2 is 1.85 bits per heavy atom. The summed E-state index contributed by atoms with van der Waals surface area (Å²) in [4.78, 5) is 31.4. The number of amides is 1. The second kappa shape index (κ2) is 7.87. The van der Waals surface area contributed by atoms with Crippen LogP contribution >= 0.6 is 11.3 Å². The number of ether oxygens (including phenoxy) is 2. The summed E-state index contributed by atoms with van der Waals surface area (Å²) in [6.07, 6.45) is 1.90. The number of carbonyl (C=O) groups excluding carboxylic acids is 2. The van der Waals surface area contributed by atoms with Gasteiger partial charge in [0, 0.05) is 28.2 Å². The number of benzene rings is 1. The molecule has 0 saturated heterocycles. The van der Waals surface area contributed by atoms with Crippen molar-refractivity contribution in [1.29, 1.82) is 5.41 Å². The third-order valence-corrected chi connectivity index (χ3v) is 5.24. The van der Waals surface area contributed by atoms with Crippen LogP contribution in [0.2, 0.25) is 0 Å². The molecule has 1 aromatic heterocycles. The van der Waals surface area contributed by atoms with E-state index in [1.54, 1.807) is 11.0 Å². The zero-order chi connectivity index (χ0) is 19.6. The molecule has 0 spiro atoms. The number of aromatic nitrogens is 1. The van der Waals surface area contributed by atoms with Gasteiger partial charge in [-0.3, -0.25) is 10.2 Å². The van der Waals surface area contributed by atoms with Crippen LogP contribution in [0.1, 0.15) is 49.8 Å². The number of nitrogens with one attached hydrogen (secondary N) is 1. The van der Waals surface area contributed by atoms with Crippen molar-refractivity contribution in [3.8, 4) is 0 Å². The molecule has 1 aliphatic rings. The first-order chi connectivity index (χ1) is 12.9. The second-order valence-electron chi connectivity index (χ2n) is 6.37. The normalized spacial score (nSPS) is 13.1. The first-order valence-electron chi connectivity index (χ1n) is 8.51. The SMILES string of the molecule is COC(=N)c1cc(C(=O)OC)cc(C(=O)N(Cc2nc(C)cs2)C2CC2)c1. The van der Waals surface area contributed by atoms with Gasteiger partial charge >= 0.3 is 5.97 Å². The van der Waals surface area contributed by atoms with Crippen molar-refractivity contribution in [2.24, 2.45) is 0 Å². The van der Waals surface area contributed by atoms with Gasteiger partial charge in [0.25, 0.3) is 5.91 Å². The van der Waals surface area contributed by atoms with Crippen molar-refractivity contribution >= 4 is 29.1 Å². The predicted molar refractivity (Wildman–Crippen MR) is 101 cm³/mol. The van der Waals surface area contributed by atoms with E-state index >= 15 is 0 Å². The Hall–Kier alpha value is -2.74. The maximum absolute atomic E-state index is 13.2. The number of thiazole rings is 1. The molecule has 0 atom stereocenters. The van der Waals surface area contributed by atoms with E-state index in [1.807, 2.05) is 12.3 Å². The van der Waals surface area contributed by atoms with Crippen molar-refractivity contribution in [1.82, 2.24) is 9.88 Å². The number of aryl methyl sites for hydroxylation is 1. The Balaban J connectivity index is 1.95. The van der Waals surface area contributed by atoms with E-state index in [4.69, 9.17) is 14.9 Å². The van der Waals surface area contributed by atoms with E-state index in [0.717, 1.165) is 23.5 Å². The van der Waals surface area contributed by atoms with E-state index in [-0.39, 0.29) is 23.4 Å². The average molecular weight is 387 g/mol. The molecule has 3 rings (SSSR count). The Labute approximate surface area is 161 Å². The van der Waals surface area contributed by atoms with Gasteiger partial charge < -0.3 is 14.4 Å². The van der Waals surface area contributed by atoms with Crippen LogP contribution in [-0.2, 0) is 16.0 Å². The Kier molecular flexibility index (Phi) is 5.55. The van der Waals surface area contributed by atoms with Crippen LogP contribution in [0.15, 0.2) is 23.6 Å². The topological polar surface area (TPSA) is 92.6 Å². The lowest BCUT2D eigenvalue weighted by atomic mass is 10.0. The van der Waals surface area contributed by atoms with Crippen LogP contribution in [0, 0.1) is 12.3 Å². The predicted octanol–water partition coefficient (Wildman–Crippen LogP) is 3.01. The Bertz CT molecular complexity index is 855. The summed E-state index contributed by atoms with van der Waals surface area (Å²) >= 11 is 1.53. The van der Waals surface area contributed by atoms with Gasteiger partial charge in [0.1, 0.15) is 5.01 Å². The standard InChI is InChI=1S/C19H21N3O4S/c1-11-10-27-16(21-11)9-22(15-4-5-15)18(23)13-6-12(17(20)25-2)7-14(8-13)19(24)26-3/h6-8,10,15,20H,4-5,9H2,1-3H3. The van der Waals surface area contributed by atoms with Gasteiger partial charge in [-0.2, -0.15) is 0 Å². The minimum absolute atomic E-state index is 0.122. The lowest BCUT2D eigenvalue weighted by Gasteiger charge is -2.22.